The van der Waals surface area contributed by atoms with Crippen LogP contribution in [0.3, 0.4) is 0 Å². The second-order valence-electron chi connectivity index (χ2n) is 4.78. The van der Waals surface area contributed by atoms with Gasteiger partial charge in [-0.05, 0) is 32.2 Å². The maximum absolute atomic E-state index is 12.0. The molecule has 1 atom stereocenters. The minimum Gasteiger partial charge on any atom is -0.312 e. The van der Waals surface area contributed by atoms with Gasteiger partial charge in [0, 0.05) is 19.0 Å². The van der Waals surface area contributed by atoms with E-state index in [4.69, 9.17) is 0 Å². The molecule has 1 fully saturated rings. The van der Waals surface area contributed by atoms with Crippen LogP contribution in [0.1, 0.15) is 31.5 Å². The van der Waals surface area contributed by atoms with E-state index in [1.807, 2.05) is 4.57 Å². The Morgan fingerprint density at radius 3 is 3.06 bits per heavy atom. The number of fused-ring (bicyclic) bond motifs is 1. The van der Waals surface area contributed by atoms with E-state index in [2.05, 4.69) is 10.4 Å². The van der Waals surface area contributed by atoms with Crippen molar-refractivity contribution in [3.8, 4) is 0 Å². The predicted molar refractivity (Wildman–Crippen MR) is 60.4 cm³/mol. The van der Waals surface area contributed by atoms with E-state index in [1.165, 1.54) is 6.42 Å². The van der Waals surface area contributed by atoms with Crippen molar-refractivity contribution in [3.05, 3.63) is 16.3 Å². The molecule has 88 valence electrons. The average Bonchev–Trinajstić information content (AvgIpc) is 2.90. The molecule has 1 N–H and O–H groups in total. The molecule has 2 aliphatic heterocycles. The van der Waals surface area contributed by atoms with Crippen molar-refractivity contribution in [2.24, 2.45) is 0 Å². The van der Waals surface area contributed by atoms with Gasteiger partial charge in [-0.3, -0.25) is 4.57 Å². The Morgan fingerprint density at radius 2 is 2.31 bits per heavy atom. The Morgan fingerprint density at radius 1 is 1.38 bits per heavy atom. The molecule has 0 unspecified atom stereocenters. The van der Waals surface area contributed by atoms with Crippen LogP contribution in [0.25, 0.3) is 0 Å². The highest BCUT2D eigenvalue weighted by Crippen LogP contribution is 2.11. The SMILES string of the molecule is O=c1n(C[C@@H]2CCCN2)nc2n1CCCC2. The summed E-state index contributed by atoms with van der Waals surface area (Å²) in [5, 5.41) is 7.84. The maximum atomic E-state index is 12.0. The lowest BCUT2D eigenvalue weighted by Crippen LogP contribution is -2.34. The van der Waals surface area contributed by atoms with E-state index in [0.29, 0.717) is 6.04 Å². The van der Waals surface area contributed by atoms with Gasteiger partial charge in [-0.25, -0.2) is 9.48 Å². The van der Waals surface area contributed by atoms with Gasteiger partial charge in [0.15, 0.2) is 0 Å². The largest absolute Gasteiger partial charge is 0.345 e. The van der Waals surface area contributed by atoms with E-state index in [0.717, 1.165) is 51.1 Å². The lowest BCUT2D eigenvalue weighted by molar-refractivity contribution is 0.460. The number of nitrogens with zero attached hydrogens (tertiary/aromatic N) is 3. The van der Waals surface area contributed by atoms with Gasteiger partial charge >= 0.3 is 5.69 Å². The summed E-state index contributed by atoms with van der Waals surface area (Å²) in [7, 11) is 0. The number of hydrogen-bond acceptors (Lipinski definition) is 3. The molecular weight excluding hydrogens is 204 g/mol. The first-order chi connectivity index (χ1) is 7.84. The zero-order chi connectivity index (χ0) is 11.0. The van der Waals surface area contributed by atoms with Gasteiger partial charge in [-0.2, -0.15) is 5.10 Å². The fourth-order valence-electron chi connectivity index (χ4n) is 2.69. The topological polar surface area (TPSA) is 51.9 Å². The normalized spacial score (nSPS) is 24.6. The van der Waals surface area contributed by atoms with Gasteiger partial charge in [0.05, 0.1) is 6.54 Å². The van der Waals surface area contributed by atoms with Crippen LogP contribution in [0.4, 0.5) is 0 Å². The van der Waals surface area contributed by atoms with Crippen molar-refractivity contribution < 1.29 is 0 Å². The van der Waals surface area contributed by atoms with Crippen LogP contribution in [0.5, 0.6) is 0 Å². The van der Waals surface area contributed by atoms with Crippen molar-refractivity contribution >= 4 is 0 Å². The molecule has 1 saturated heterocycles. The second kappa shape index (κ2) is 4.05. The van der Waals surface area contributed by atoms with E-state index in [-0.39, 0.29) is 5.69 Å². The molecule has 0 bridgehead atoms. The van der Waals surface area contributed by atoms with Gasteiger partial charge in [0.1, 0.15) is 5.82 Å². The Balaban J connectivity index is 1.84. The summed E-state index contributed by atoms with van der Waals surface area (Å²) in [5.41, 5.74) is 0.0865. The van der Waals surface area contributed by atoms with Crippen LogP contribution < -0.4 is 11.0 Å². The first kappa shape index (κ1) is 10.1. The summed E-state index contributed by atoms with van der Waals surface area (Å²) < 4.78 is 3.50. The fraction of sp³-hybridized carbons (Fsp3) is 0.818. The quantitative estimate of drug-likeness (QED) is 0.774. The third-order valence-electron chi connectivity index (χ3n) is 3.59. The number of nitrogens with one attached hydrogen (secondary N) is 1. The molecule has 0 radical (unpaired) electrons. The molecule has 3 heterocycles. The highest BCUT2D eigenvalue weighted by atomic mass is 16.2. The zero-order valence-corrected chi connectivity index (χ0v) is 9.48. The second-order valence-corrected chi connectivity index (χ2v) is 4.78. The lowest BCUT2D eigenvalue weighted by atomic mass is 10.2. The van der Waals surface area contributed by atoms with E-state index < -0.39 is 0 Å². The van der Waals surface area contributed by atoms with Crippen LogP contribution in [-0.2, 0) is 19.5 Å². The van der Waals surface area contributed by atoms with E-state index >= 15 is 0 Å². The van der Waals surface area contributed by atoms with E-state index in [9.17, 15) is 4.79 Å². The molecule has 16 heavy (non-hydrogen) atoms. The van der Waals surface area contributed by atoms with E-state index in [1.54, 1.807) is 4.68 Å². The van der Waals surface area contributed by atoms with Gasteiger partial charge in [-0.1, -0.05) is 0 Å². The Labute approximate surface area is 94.5 Å². The highest BCUT2D eigenvalue weighted by molar-refractivity contribution is 4.92. The van der Waals surface area contributed by atoms with Gasteiger partial charge in [0.2, 0.25) is 0 Å². The number of rotatable bonds is 2. The first-order valence-electron chi connectivity index (χ1n) is 6.24. The van der Waals surface area contributed by atoms with Crippen LogP contribution >= 0.6 is 0 Å². The van der Waals surface area contributed by atoms with Gasteiger partial charge < -0.3 is 5.32 Å². The summed E-state index contributed by atoms with van der Waals surface area (Å²) in [6, 6.07) is 0.439. The Kier molecular flexibility index (Phi) is 2.55. The zero-order valence-electron chi connectivity index (χ0n) is 9.48. The van der Waals surface area contributed by atoms with Crippen molar-refractivity contribution in [1.82, 2.24) is 19.7 Å². The Hall–Kier alpha value is -1.10. The molecule has 1 aromatic rings. The predicted octanol–water partition coefficient (Wildman–Crippen LogP) is 0.133. The third kappa shape index (κ3) is 1.69. The molecule has 0 aliphatic carbocycles. The first-order valence-corrected chi connectivity index (χ1v) is 6.24. The standard InChI is InChI=1S/C11H18N4O/c16-11-14-7-2-1-5-10(14)13-15(11)8-9-4-3-6-12-9/h9,12H,1-8H2/t9-/m0/s1. The molecule has 0 spiro atoms. The molecule has 0 aromatic carbocycles. The third-order valence-corrected chi connectivity index (χ3v) is 3.59. The van der Waals surface area contributed by atoms with Crippen molar-refractivity contribution in [2.75, 3.05) is 6.54 Å². The number of aryl methyl sites for hydroxylation is 1. The fourth-order valence-corrected chi connectivity index (χ4v) is 2.69. The van der Waals surface area contributed by atoms with Crippen LogP contribution in [0.15, 0.2) is 4.79 Å². The van der Waals surface area contributed by atoms with Crippen molar-refractivity contribution in [2.45, 2.75) is 51.2 Å². The lowest BCUT2D eigenvalue weighted by Gasteiger charge is -2.09. The summed E-state index contributed by atoms with van der Waals surface area (Å²) in [4.78, 5) is 12.0. The van der Waals surface area contributed by atoms with Gasteiger partial charge in [0.25, 0.3) is 0 Å². The summed E-state index contributed by atoms with van der Waals surface area (Å²) in [6.07, 6.45) is 5.61. The molecule has 3 rings (SSSR count). The molecule has 0 amide bonds. The molecule has 5 heteroatoms. The summed E-state index contributed by atoms with van der Waals surface area (Å²) >= 11 is 0. The smallest absolute Gasteiger partial charge is 0.312 e. The molecule has 2 aliphatic rings. The Bertz CT molecular complexity index is 428. The maximum Gasteiger partial charge on any atom is 0.345 e. The minimum atomic E-state index is 0.0865. The molecule has 5 nitrogen and oxygen atoms in total. The van der Waals surface area contributed by atoms with Gasteiger partial charge in [-0.15, -0.1) is 0 Å². The number of hydrogen-bond donors (Lipinski definition) is 1. The number of aromatic nitrogens is 3. The molecular formula is C11H18N4O. The average molecular weight is 222 g/mol. The van der Waals surface area contributed by atoms with Crippen LogP contribution in [0, 0.1) is 0 Å². The monoisotopic (exact) mass is 222 g/mol. The summed E-state index contributed by atoms with van der Waals surface area (Å²) in [6.45, 7) is 2.66. The van der Waals surface area contributed by atoms with Crippen molar-refractivity contribution in [1.29, 1.82) is 0 Å². The summed E-state index contributed by atoms with van der Waals surface area (Å²) in [5.74, 6) is 0.981. The van der Waals surface area contributed by atoms with Crippen LogP contribution in [0.2, 0.25) is 0 Å². The van der Waals surface area contributed by atoms with Crippen LogP contribution in [-0.4, -0.2) is 26.9 Å². The molecule has 1 aromatic heterocycles. The van der Waals surface area contributed by atoms with Crippen molar-refractivity contribution in [3.63, 3.8) is 0 Å². The molecule has 0 saturated carbocycles. The highest BCUT2D eigenvalue weighted by Gasteiger charge is 2.20. The minimum absolute atomic E-state index is 0.0865.